The number of alkyl halides is 3. The van der Waals surface area contributed by atoms with Gasteiger partial charge in [0.05, 0.1) is 5.02 Å². The Kier molecular flexibility index (Phi) is 6.20. The maximum Gasteiger partial charge on any atom is 0.573 e. The number of rotatable bonds is 6. The summed E-state index contributed by atoms with van der Waals surface area (Å²) in [5, 5.41) is 2.40. The third-order valence-electron chi connectivity index (χ3n) is 3.18. The molecule has 138 valence electrons. The van der Waals surface area contributed by atoms with E-state index in [4.69, 9.17) is 11.6 Å². The van der Waals surface area contributed by atoms with Crippen LogP contribution in [0.5, 0.6) is 5.75 Å². The first-order valence-corrected chi connectivity index (χ1v) is 7.78. The molecular formula is C17H14ClF3N2O3. The Morgan fingerprint density at radius 3 is 2.58 bits per heavy atom. The molecule has 0 saturated heterocycles. The zero-order chi connectivity index (χ0) is 19.3. The highest BCUT2D eigenvalue weighted by molar-refractivity contribution is 6.32. The van der Waals surface area contributed by atoms with E-state index in [0.717, 1.165) is 6.07 Å². The summed E-state index contributed by atoms with van der Waals surface area (Å²) >= 11 is 5.76. The summed E-state index contributed by atoms with van der Waals surface area (Å²) in [5.74, 6) is -1.01. The molecule has 0 atom stereocenters. The molecular weight excluding hydrogens is 373 g/mol. The molecule has 0 radical (unpaired) electrons. The molecule has 0 saturated carbocycles. The SMILES string of the molecule is CC(=O)Cc1cc(C(=O)NCc2ccc(OC(F)(F)F)c(Cl)c2)ccn1. The van der Waals surface area contributed by atoms with E-state index in [9.17, 15) is 22.8 Å². The molecule has 1 N–H and O–H groups in total. The Morgan fingerprint density at radius 1 is 1.23 bits per heavy atom. The van der Waals surface area contributed by atoms with Crippen LogP contribution in [0, 0.1) is 0 Å². The average Bonchev–Trinajstić information content (AvgIpc) is 2.53. The number of hydrogen-bond donors (Lipinski definition) is 1. The number of hydrogen-bond acceptors (Lipinski definition) is 4. The molecule has 0 fully saturated rings. The third-order valence-corrected chi connectivity index (χ3v) is 3.48. The van der Waals surface area contributed by atoms with Crippen LogP contribution in [-0.2, 0) is 17.8 Å². The maximum absolute atomic E-state index is 12.2. The minimum Gasteiger partial charge on any atom is -0.404 e. The number of carbonyl (C=O) groups is 2. The first-order valence-electron chi connectivity index (χ1n) is 7.41. The molecule has 1 amide bonds. The van der Waals surface area contributed by atoms with Crippen molar-refractivity contribution in [2.45, 2.75) is 26.3 Å². The van der Waals surface area contributed by atoms with Gasteiger partial charge in [0.1, 0.15) is 11.5 Å². The van der Waals surface area contributed by atoms with E-state index in [0.29, 0.717) is 16.8 Å². The molecule has 9 heteroatoms. The van der Waals surface area contributed by atoms with Gasteiger partial charge in [0.2, 0.25) is 0 Å². The van der Waals surface area contributed by atoms with Gasteiger partial charge in [0.15, 0.2) is 0 Å². The predicted molar refractivity (Wildman–Crippen MR) is 87.9 cm³/mol. The van der Waals surface area contributed by atoms with Crippen LogP contribution in [-0.4, -0.2) is 23.0 Å². The van der Waals surface area contributed by atoms with Crippen molar-refractivity contribution in [3.63, 3.8) is 0 Å². The smallest absolute Gasteiger partial charge is 0.404 e. The second-order valence-corrected chi connectivity index (χ2v) is 5.82. The molecule has 5 nitrogen and oxygen atoms in total. The number of Topliss-reactive ketones (excluding diaryl/α,β-unsaturated/α-hetero) is 1. The summed E-state index contributed by atoms with van der Waals surface area (Å²) in [6.07, 6.45) is -3.29. The molecule has 0 aliphatic carbocycles. The third kappa shape index (κ3) is 6.03. The lowest BCUT2D eigenvalue weighted by Gasteiger charge is -2.12. The van der Waals surface area contributed by atoms with Gasteiger partial charge >= 0.3 is 6.36 Å². The molecule has 0 unspecified atom stereocenters. The van der Waals surface area contributed by atoms with Crippen LogP contribution in [0.15, 0.2) is 36.5 Å². The fourth-order valence-corrected chi connectivity index (χ4v) is 2.36. The van der Waals surface area contributed by atoms with E-state index in [1.807, 2.05) is 0 Å². The number of halogens is 4. The van der Waals surface area contributed by atoms with Crippen molar-refractivity contribution in [3.05, 3.63) is 58.4 Å². The van der Waals surface area contributed by atoms with Gasteiger partial charge in [0, 0.05) is 30.4 Å². The fraction of sp³-hybridized carbons (Fsp3) is 0.235. The first-order chi connectivity index (χ1) is 12.1. The Balaban J connectivity index is 2.01. The summed E-state index contributed by atoms with van der Waals surface area (Å²) in [4.78, 5) is 27.3. The van der Waals surface area contributed by atoms with Crippen LogP contribution in [0.25, 0.3) is 0 Å². The van der Waals surface area contributed by atoms with Crippen LogP contribution < -0.4 is 10.1 Å². The molecule has 0 bridgehead atoms. The minimum atomic E-state index is -4.84. The normalized spacial score (nSPS) is 11.1. The number of nitrogens with zero attached hydrogens (tertiary/aromatic N) is 1. The quantitative estimate of drug-likeness (QED) is 0.822. The average molecular weight is 387 g/mol. The van der Waals surface area contributed by atoms with Crippen LogP contribution in [0.1, 0.15) is 28.5 Å². The van der Waals surface area contributed by atoms with Gasteiger partial charge in [-0.3, -0.25) is 14.6 Å². The summed E-state index contributed by atoms with van der Waals surface area (Å²) in [7, 11) is 0. The van der Waals surface area contributed by atoms with Gasteiger partial charge in [-0.15, -0.1) is 13.2 Å². The van der Waals surface area contributed by atoms with Gasteiger partial charge in [-0.2, -0.15) is 0 Å². The zero-order valence-electron chi connectivity index (χ0n) is 13.6. The maximum atomic E-state index is 12.2. The van der Waals surface area contributed by atoms with Crippen LogP contribution in [0.4, 0.5) is 13.2 Å². The number of benzene rings is 1. The molecule has 0 spiro atoms. The highest BCUT2D eigenvalue weighted by Gasteiger charge is 2.32. The Labute approximate surface area is 152 Å². The van der Waals surface area contributed by atoms with Gasteiger partial charge in [0.25, 0.3) is 5.91 Å². The fourth-order valence-electron chi connectivity index (χ4n) is 2.12. The zero-order valence-corrected chi connectivity index (χ0v) is 14.3. The monoisotopic (exact) mass is 386 g/mol. The van der Waals surface area contributed by atoms with Crippen molar-refractivity contribution in [1.82, 2.24) is 10.3 Å². The number of nitrogens with one attached hydrogen (secondary N) is 1. The number of carbonyl (C=O) groups excluding carboxylic acids is 2. The van der Waals surface area contributed by atoms with Gasteiger partial charge in [-0.05, 0) is 36.8 Å². The van der Waals surface area contributed by atoms with E-state index < -0.39 is 18.0 Å². The molecule has 26 heavy (non-hydrogen) atoms. The second kappa shape index (κ2) is 8.18. The van der Waals surface area contributed by atoms with Crippen molar-refractivity contribution in [3.8, 4) is 5.75 Å². The van der Waals surface area contributed by atoms with Crippen LogP contribution in [0.3, 0.4) is 0 Å². The van der Waals surface area contributed by atoms with Crippen molar-refractivity contribution in [2.24, 2.45) is 0 Å². The molecule has 1 aromatic heterocycles. The molecule has 1 aromatic carbocycles. The second-order valence-electron chi connectivity index (χ2n) is 5.41. The summed E-state index contributed by atoms with van der Waals surface area (Å²) in [5.41, 5.74) is 1.29. The number of ether oxygens (including phenoxy) is 1. The predicted octanol–water partition coefficient (Wildman–Crippen LogP) is 3.70. The number of aromatic nitrogens is 1. The van der Waals surface area contributed by atoms with E-state index >= 15 is 0 Å². The lowest BCUT2D eigenvalue weighted by molar-refractivity contribution is -0.274. The molecule has 2 aromatic rings. The minimum absolute atomic E-state index is 0.0508. The molecule has 0 aliphatic rings. The lowest BCUT2D eigenvalue weighted by atomic mass is 10.1. The lowest BCUT2D eigenvalue weighted by Crippen LogP contribution is -2.23. The molecule has 1 heterocycles. The highest BCUT2D eigenvalue weighted by atomic mass is 35.5. The number of pyridine rings is 1. The van der Waals surface area contributed by atoms with E-state index in [2.05, 4.69) is 15.0 Å². The number of ketones is 1. The van der Waals surface area contributed by atoms with Crippen molar-refractivity contribution < 1.29 is 27.5 Å². The van der Waals surface area contributed by atoms with Gasteiger partial charge in [-0.1, -0.05) is 17.7 Å². The van der Waals surface area contributed by atoms with E-state index in [1.54, 1.807) is 0 Å². The highest BCUT2D eigenvalue weighted by Crippen LogP contribution is 2.30. The van der Waals surface area contributed by atoms with E-state index in [1.165, 1.54) is 37.4 Å². The Bertz CT molecular complexity index is 825. The van der Waals surface area contributed by atoms with E-state index in [-0.39, 0.29) is 23.8 Å². The van der Waals surface area contributed by atoms with Gasteiger partial charge < -0.3 is 10.1 Å². The van der Waals surface area contributed by atoms with Crippen molar-refractivity contribution >= 4 is 23.3 Å². The standard InChI is InChI=1S/C17H14ClF3N2O3/c1-10(24)6-13-8-12(4-5-22-13)16(25)23-9-11-2-3-15(14(18)7-11)26-17(19,20)21/h2-5,7-8H,6,9H2,1H3,(H,23,25). The van der Waals surface area contributed by atoms with Crippen molar-refractivity contribution in [1.29, 1.82) is 0 Å². The van der Waals surface area contributed by atoms with Crippen LogP contribution in [0.2, 0.25) is 5.02 Å². The topological polar surface area (TPSA) is 68.3 Å². The van der Waals surface area contributed by atoms with Gasteiger partial charge in [-0.25, -0.2) is 0 Å². The largest absolute Gasteiger partial charge is 0.573 e. The molecule has 2 rings (SSSR count). The summed E-state index contributed by atoms with van der Waals surface area (Å²) in [6.45, 7) is 1.47. The Hall–Kier alpha value is -2.61. The van der Waals surface area contributed by atoms with Crippen LogP contribution >= 0.6 is 11.6 Å². The van der Waals surface area contributed by atoms with Crippen molar-refractivity contribution in [2.75, 3.05) is 0 Å². The first kappa shape index (κ1) is 19.7. The Morgan fingerprint density at radius 2 is 1.96 bits per heavy atom. The summed E-state index contributed by atoms with van der Waals surface area (Å²) < 4.78 is 40.4. The molecule has 0 aliphatic heterocycles. The summed E-state index contributed by atoms with van der Waals surface area (Å²) in [6, 6.07) is 6.71. The number of amides is 1.